The van der Waals surface area contributed by atoms with Gasteiger partial charge in [0, 0.05) is 24.6 Å². The topological polar surface area (TPSA) is 63.4 Å². The quantitative estimate of drug-likeness (QED) is 0.879. The zero-order chi connectivity index (χ0) is 14.0. The molecule has 0 unspecified atom stereocenters. The Morgan fingerprint density at radius 1 is 1.32 bits per heavy atom. The van der Waals surface area contributed by atoms with Crippen LogP contribution in [0.25, 0.3) is 0 Å². The zero-order valence-electron chi connectivity index (χ0n) is 10.9. The van der Waals surface area contributed by atoms with E-state index in [9.17, 15) is 14.0 Å². The first-order valence-electron chi connectivity index (χ1n) is 6.34. The molecule has 5 heteroatoms. The molecule has 1 aromatic rings. The number of carbonyl (C=O) groups excluding carboxylic acids is 2. The molecule has 0 bridgehead atoms. The van der Waals surface area contributed by atoms with Crippen LogP contribution in [0.15, 0.2) is 18.2 Å². The minimum Gasteiger partial charge on any atom is -0.369 e. The number of amides is 2. The van der Waals surface area contributed by atoms with Crippen molar-refractivity contribution in [3.05, 3.63) is 35.1 Å². The summed E-state index contributed by atoms with van der Waals surface area (Å²) in [5, 5.41) is 0. The van der Waals surface area contributed by atoms with Gasteiger partial charge in [-0.25, -0.2) is 4.39 Å². The largest absolute Gasteiger partial charge is 0.369 e. The standard InChI is InChI=1S/C14H17FN2O2/c1-9-2-3-11(15)8-12(9)14(19)17-6-4-10(5-7-17)13(16)18/h2-3,8,10H,4-7H2,1H3,(H2,16,18). The van der Waals surface area contributed by atoms with Crippen molar-refractivity contribution in [3.8, 4) is 0 Å². The Hall–Kier alpha value is -1.91. The summed E-state index contributed by atoms with van der Waals surface area (Å²) >= 11 is 0. The summed E-state index contributed by atoms with van der Waals surface area (Å²) in [6.45, 7) is 2.76. The number of rotatable bonds is 2. The molecule has 0 atom stereocenters. The van der Waals surface area contributed by atoms with E-state index in [2.05, 4.69) is 0 Å². The van der Waals surface area contributed by atoms with Crippen molar-refractivity contribution in [2.24, 2.45) is 11.7 Å². The summed E-state index contributed by atoms with van der Waals surface area (Å²) in [5.41, 5.74) is 6.39. The Balaban J connectivity index is 2.09. The van der Waals surface area contributed by atoms with Gasteiger partial charge in [0.1, 0.15) is 5.82 Å². The lowest BCUT2D eigenvalue weighted by Gasteiger charge is -2.31. The summed E-state index contributed by atoms with van der Waals surface area (Å²) in [7, 11) is 0. The predicted octanol–water partition coefficient (Wildman–Crippen LogP) is 1.47. The van der Waals surface area contributed by atoms with Crippen molar-refractivity contribution < 1.29 is 14.0 Å². The number of primary amides is 1. The SMILES string of the molecule is Cc1ccc(F)cc1C(=O)N1CCC(C(N)=O)CC1. The number of nitrogens with two attached hydrogens (primary N) is 1. The number of benzene rings is 1. The van der Waals surface area contributed by atoms with Gasteiger partial charge in [-0.1, -0.05) is 6.07 Å². The molecule has 1 aromatic carbocycles. The van der Waals surface area contributed by atoms with Crippen molar-refractivity contribution in [2.75, 3.05) is 13.1 Å². The maximum atomic E-state index is 13.2. The molecule has 4 nitrogen and oxygen atoms in total. The molecule has 19 heavy (non-hydrogen) atoms. The third-order valence-corrected chi connectivity index (χ3v) is 3.61. The molecule has 1 saturated heterocycles. The van der Waals surface area contributed by atoms with Gasteiger partial charge >= 0.3 is 0 Å². The Kier molecular flexibility index (Phi) is 3.83. The van der Waals surface area contributed by atoms with Gasteiger partial charge in [0.25, 0.3) is 5.91 Å². The van der Waals surface area contributed by atoms with Gasteiger partial charge in [-0.05, 0) is 37.5 Å². The Labute approximate surface area is 111 Å². The van der Waals surface area contributed by atoms with Gasteiger partial charge in [0.15, 0.2) is 0 Å². The second-order valence-corrected chi connectivity index (χ2v) is 4.93. The molecule has 0 spiro atoms. The lowest BCUT2D eigenvalue weighted by molar-refractivity contribution is -0.123. The monoisotopic (exact) mass is 264 g/mol. The molecule has 102 valence electrons. The Morgan fingerprint density at radius 2 is 1.95 bits per heavy atom. The Morgan fingerprint density at radius 3 is 2.53 bits per heavy atom. The van der Waals surface area contributed by atoms with Crippen molar-refractivity contribution in [3.63, 3.8) is 0 Å². The minimum absolute atomic E-state index is 0.155. The molecule has 0 radical (unpaired) electrons. The van der Waals surface area contributed by atoms with Crippen LogP contribution in [0.1, 0.15) is 28.8 Å². The maximum Gasteiger partial charge on any atom is 0.254 e. The second kappa shape index (κ2) is 5.38. The van der Waals surface area contributed by atoms with E-state index in [1.807, 2.05) is 0 Å². The van der Waals surface area contributed by atoms with Crippen LogP contribution >= 0.6 is 0 Å². The zero-order valence-corrected chi connectivity index (χ0v) is 10.9. The van der Waals surface area contributed by atoms with E-state index in [1.165, 1.54) is 12.1 Å². The highest BCUT2D eigenvalue weighted by Gasteiger charge is 2.27. The van der Waals surface area contributed by atoms with Gasteiger partial charge in [-0.3, -0.25) is 9.59 Å². The van der Waals surface area contributed by atoms with Crippen LogP contribution in [-0.4, -0.2) is 29.8 Å². The smallest absolute Gasteiger partial charge is 0.254 e. The van der Waals surface area contributed by atoms with E-state index in [0.717, 1.165) is 5.56 Å². The summed E-state index contributed by atoms with van der Waals surface area (Å²) in [6.07, 6.45) is 1.16. The molecule has 1 fully saturated rings. The van der Waals surface area contributed by atoms with Crippen molar-refractivity contribution in [1.82, 2.24) is 4.90 Å². The fourth-order valence-corrected chi connectivity index (χ4v) is 2.36. The van der Waals surface area contributed by atoms with Gasteiger partial charge in [0.2, 0.25) is 5.91 Å². The van der Waals surface area contributed by atoms with Crippen LogP contribution in [0, 0.1) is 18.7 Å². The van der Waals surface area contributed by atoms with Crippen LogP contribution < -0.4 is 5.73 Å². The summed E-state index contributed by atoms with van der Waals surface area (Å²) < 4.78 is 13.2. The van der Waals surface area contributed by atoms with E-state index in [1.54, 1.807) is 17.9 Å². The number of nitrogens with zero attached hydrogens (tertiary/aromatic N) is 1. The first-order valence-corrected chi connectivity index (χ1v) is 6.34. The Bertz CT molecular complexity index is 508. The fraction of sp³-hybridized carbons (Fsp3) is 0.429. The molecular formula is C14H17FN2O2. The van der Waals surface area contributed by atoms with Gasteiger partial charge in [-0.15, -0.1) is 0 Å². The van der Waals surface area contributed by atoms with E-state index in [0.29, 0.717) is 31.5 Å². The number of piperidine rings is 1. The second-order valence-electron chi connectivity index (χ2n) is 4.93. The average Bonchev–Trinajstić information content (AvgIpc) is 2.41. The molecule has 2 rings (SSSR count). The highest BCUT2D eigenvalue weighted by molar-refractivity contribution is 5.95. The third kappa shape index (κ3) is 2.92. The van der Waals surface area contributed by atoms with Crippen LogP contribution in [0.2, 0.25) is 0 Å². The van der Waals surface area contributed by atoms with Crippen molar-refractivity contribution >= 4 is 11.8 Å². The molecule has 0 aliphatic carbocycles. The molecule has 1 aliphatic heterocycles. The molecule has 0 aromatic heterocycles. The number of hydrogen-bond acceptors (Lipinski definition) is 2. The van der Waals surface area contributed by atoms with Gasteiger partial charge < -0.3 is 10.6 Å². The lowest BCUT2D eigenvalue weighted by Crippen LogP contribution is -2.41. The van der Waals surface area contributed by atoms with Crippen LogP contribution in [0.4, 0.5) is 4.39 Å². The minimum atomic E-state index is -0.416. The highest BCUT2D eigenvalue weighted by Crippen LogP contribution is 2.20. The van der Waals surface area contributed by atoms with Gasteiger partial charge in [-0.2, -0.15) is 0 Å². The van der Waals surface area contributed by atoms with Crippen LogP contribution in [-0.2, 0) is 4.79 Å². The highest BCUT2D eigenvalue weighted by atomic mass is 19.1. The van der Waals surface area contributed by atoms with Gasteiger partial charge in [0.05, 0.1) is 0 Å². The predicted molar refractivity (Wildman–Crippen MR) is 69.0 cm³/mol. The fourth-order valence-electron chi connectivity index (χ4n) is 2.36. The lowest BCUT2D eigenvalue weighted by atomic mass is 9.95. The number of carbonyl (C=O) groups is 2. The molecule has 1 aliphatic rings. The maximum absolute atomic E-state index is 13.2. The molecule has 2 amide bonds. The third-order valence-electron chi connectivity index (χ3n) is 3.61. The summed E-state index contributed by atoms with van der Waals surface area (Å²) in [6, 6.07) is 4.20. The first kappa shape index (κ1) is 13.5. The molecular weight excluding hydrogens is 247 g/mol. The van der Waals surface area contributed by atoms with E-state index >= 15 is 0 Å². The number of likely N-dealkylation sites (tertiary alicyclic amines) is 1. The molecule has 0 saturated carbocycles. The molecule has 2 N–H and O–H groups in total. The number of aryl methyl sites for hydroxylation is 1. The van der Waals surface area contributed by atoms with E-state index in [4.69, 9.17) is 5.73 Å². The van der Waals surface area contributed by atoms with E-state index in [-0.39, 0.29) is 17.7 Å². The summed E-state index contributed by atoms with van der Waals surface area (Å²) in [5.74, 6) is -1.06. The van der Waals surface area contributed by atoms with E-state index < -0.39 is 5.82 Å². The summed E-state index contributed by atoms with van der Waals surface area (Å²) in [4.78, 5) is 25.0. The number of hydrogen-bond donors (Lipinski definition) is 1. The normalized spacial score (nSPS) is 16.4. The first-order chi connectivity index (χ1) is 8.99. The van der Waals surface area contributed by atoms with Crippen molar-refractivity contribution in [1.29, 1.82) is 0 Å². The van der Waals surface area contributed by atoms with Crippen molar-refractivity contribution in [2.45, 2.75) is 19.8 Å². The van der Waals surface area contributed by atoms with Crippen LogP contribution in [0.3, 0.4) is 0 Å². The molecule has 1 heterocycles. The number of halogens is 1. The average molecular weight is 264 g/mol. The van der Waals surface area contributed by atoms with Crippen LogP contribution in [0.5, 0.6) is 0 Å².